The van der Waals surface area contributed by atoms with E-state index >= 15 is 0 Å². The molecule has 0 bridgehead atoms. The molecule has 14 heavy (non-hydrogen) atoms. The Morgan fingerprint density at radius 3 is 1.71 bits per heavy atom. The summed E-state index contributed by atoms with van der Waals surface area (Å²) in [7, 11) is 0. The summed E-state index contributed by atoms with van der Waals surface area (Å²) in [5.41, 5.74) is 0. The van der Waals surface area contributed by atoms with Crippen molar-refractivity contribution in [1.82, 2.24) is 10.2 Å². The molecule has 1 N–H and O–H groups in total. The number of hydrogen-bond donors (Lipinski definition) is 1. The Labute approximate surface area is 95.0 Å². The van der Waals surface area contributed by atoms with Gasteiger partial charge in [-0.1, -0.05) is 27.7 Å². The van der Waals surface area contributed by atoms with Crippen LogP contribution in [0.1, 0.15) is 34.1 Å². The van der Waals surface area contributed by atoms with E-state index in [-0.39, 0.29) is 0 Å². The lowest BCUT2D eigenvalue weighted by molar-refractivity contribution is 0.305. The second kappa shape index (κ2) is 15.7. The third-order valence-electron chi connectivity index (χ3n) is 2.00. The highest BCUT2D eigenvalue weighted by Crippen LogP contribution is 1.91. The number of alkyl halides is 1. The molecule has 0 spiro atoms. The van der Waals surface area contributed by atoms with Crippen LogP contribution >= 0.6 is 11.6 Å². The summed E-state index contributed by atoms with van der Waals surface area (Å²) in [5.74, 6) is 0.788. The van der Waals surface area contributed by atoms with Crippen molar-refractivity contribution in [3.63, 3.8) is 0 Å². The Hall–Kier alpha value is 0.210. The fraction of sp³-hybridized carbons (Fsp3) is 1.00. The zero-order valence-corrected chi connectivity index (χ0v) is 11.0. The molecule has 0 aliphatic heterocycles. The number of halogens is 1. The van der Waals surface area contributed by atoms with Crippen molar-refractivity contribution in [3.8, 4) is 0 Å². The van der Waals surface area contributed by atoms with Crippen molar-refractivity contribution in [3.05, 3.63) is 0 Å². The molecule has 0 aromatic heterocycles. The van der Waals surface area contributed by atoms with Crippen molar-refractivity contribution in [2.45, 2.75) is 34.1 Å². The fourth-order valence-corrected chi connectivity index (χ4v) is 1.19. The molecule has 2 nitrogen and oxygen atoms in total. The van der Waals surface area contributed by atoms with Crippen LogP contribution in [0.15, 0.2) is 0 Å². The van der Waals surface area contributed by atoms with Crippen LogP contribution in [0.25, 0.3) is 0 Å². The maximum Gasteiger partial charge on any atom is 0.0235 e. The van der Waals surface area contributed by atoms with Crippen LogP contribution in [0.4, 0.5) is 0 Å². The van der Waals surface area contributed by atoms with E-state index in [2.05, 4.69) is 37.9 Å². The molecule has 0 heterocycles. The molecule has 0 saturated carbocycles. The molecular formula is C11H27ClN2. The quantitative estimate of drug-likeness (QED) is 0.667. The van der Waals surface area contributed by atoms with Gasteiger partial charge in [-0.2, -0.15) is 0 Å². The molecule has 0 radical (unpaired) electrons. The predicted octanol–water partition coefficient (Wildman–Crippen LogP) is 2.57. The second-order valence-corrected chi connectivity index (χ2v) is 3.40. The number of rotatable bonds is 7. The Morgan fingerprint density at radius 1 is 1.00 bits per heavy atom. The van der Waals surface area contributed by atoms with Crippen LogP contribution in [-0.2, 0) is 0 Å². The Kier molecular flexibility index (Phi) is 18.6. The van der Waals surface area contributed by atoms with Gasteiger partial charge < -0.3 is 10.2 Å². The van der Waals surface area contributed by atoms with E-state index in [9.17, 15) is 0 Å². The Bertz CT molecular complexity index is 83.4. The summed E-state index contributed by atoms with van der Waals surface area (Å²) in [6.07, 6.45) is 1.11. The average Bonchev–Trinajstić information content (AvgIpc) is 2.22. The standard InChI is InChI=1S/C7H16ClN.C4H11N/c1-3-9(4-2)7-5-6-8;1-3-5-4-2/h3-7H2,1-2H3;5H,3-4H2,1-2H3. The van der Waals surface area contributed by atoms with Crippen LogP contribution in [0.3, 0.4) is 0 Å². The van der Waals surface area contributed by atoms with E-state index in [0.29, 0.717) is 0 Å². The van der Waals surface area contributed by atoms with Gasteiger partial charge >= 0.3 is 0 Å². The van der Waals surface area contributed by atoms with Crippen molar-refractivity contribution in [2.24, 2.45) is 0 Å². The van der Waals surface area contributed by atoms with Gasteiger partial charge in [0.2, 0.25) is 0 Å². The average molecular weight is 223 g/mol. The molecule has 0 saturated heterocycles. The van der Waals surface area contributed by atoms with E-state index in [0.717, 1.165) is 45.0 Å². The molecule has 3 heteroatoms. The first-order valence-corrected chi connectivity index (χ1v) is 6.29. The van der Waals surface area contributed by atoms with Gasteiger partial charge in [0.05, 0.1) is 0 Å². The lowest BCUT2D eigenvalue weighted by Gasteiger charge is -2.16. The lowest BCUT2D eigenvalue weighted by atomic mass is 10.4. The summed E-state index contributed by atoms with van der Waals surface area (Å²) >= 11 is 5.53. The summed E-state index contributed by atoms with van der Waals surface area (Å²) in [4.78, 5) is 2.38. The highest BCUT2D eigenvalue weighted by molar-refractivity contribution is 6.17. The number of nitrogens with zero attached hydrogens (tertiary/aromatic N) is 1. The highest BCUT2D eigenvalue weighted by Gasteiger charge is 1.95. The normalized spacial score (nSPS) is 9.86. The van der Waals surface area contributed by atoms with E-state index in [1.165, 1.54) is 0 Å². The van der Waals surface area contributed by atoms with Crippen molar-refractivity contribution < 1.29 is 0 Å². The first-order valence-electron chi connectivity index (χ1n) is 5.75. The van der Waals surface area contributed by atoms with Gasteiger partial charge in [0.15, 0.2) is 0 Å². The van der Waals surface area contributed by atoms with Gasteiger partial charge in [-0.05, 0) is 39.1 Å². The zero-order valence-electron chi connectivity index (χ0n) is 10.3. The molecule has 88 valence electrons. The maximum atomic E-state index is 5.53. The Balaban J connectivity index is 0. The number of nitrogens with one attached hydrogen (secondary N) is 1. The molecular weight excluding hydrogens is 196 g/mol. The van der Waals surface area contributed by atoms with Gasteiger partial charge in [0.1, 0.15) is 0 Å². The lowest BCUT2D eigenvalue weighted by Crippen LogP contribution is -2.24. The third-order valence-corrected chi connectivity index (χ3v) is 2.27. The molecule has 0 aliphatic rings. The minimum atomic E-state index is 0.788. The topological polar surface area (TPSA) is 15.3 Å². The summed E-state index contributed by atoms with van der Waals surface area (Å²) in [6.45, 7) is 14.2. The fourth-order valence-electron chi connectivity index (χ4n) is 1.07. The van der Waals surface area contributed by atoms with Crippen LogP contribution in [0, 0.1) is 0 Å². The van der Waals surface area contributed by atoms with Crippen LogP contribution in [0.2, 0.25) is 0 Å². The maximum absolute atomic E-state index is 5.53. The first-order chi connectivity index (χ1) is 6.76. The monoisotopic (exact) mass is 222 g/mol. The van der Waals surface area contributed by atoms with Crippen LogP contribution in [-0.4, -0.2) is 43.5 Å². The second-order valence-electron chi connectivity index (χ2n) is 3.03. The van der Waals surface area contributed by atoms with Gasteiger partial charge in [-0.3, -0.25) is 0 Å². The highest BCUT2D eigenvalue weighted by atomic mass is 35.5. The Morgan fingerprint density at radius 2 is 1.50 bits per heavy atom. The molecule has 0 aliphatic carbocycles. The zero-order chi connectivity index (χ0) is 11.2. The van der Waals surface area contributed by atoms with E-state index in [4.69, 9.17) is 11.6 Å². The van der Waals surface area contributed by atoms with Gasteiger partial charge in [-0.25, -0.2) is 0 Å². The molecule has 0 aromatic rings. The smallest absolute Gasteiger partial charge is 0.0235 e. The van der Waals surface area contributed by atoms with Crippen molar-refractivity contribution in [1.29, 1.82) is 0 Å². The summed E-state index contributed by atoms with van der Waals surface area (Å²) in [5, 5.41) is 3.11. The van der Waals surface area contributed by atoms with Gasteiger partial charge in [0, 0.05) is 5.88 Å². The van der Waals surface area contributed by atoms with Gasteiger partial charge in [0.25, 0.3) is 0 Å². The molecule has 0 unspecified atom stereocenters. The molecule has 0 rings (SSSR count). The largest absolute Gasteiger partial charge is 0.317 e. The molecule has 0 fully saturated rings. The predicted molar refractivity (Wildman–Crippen MR) is 67.3 cm³/mol. The SMILES string of the molecule is CCN(CC)CCCCl.CCNCC. The first kappa shape index (κ1) is 16.6. The van der Waals surface area contributed by atoms with Gasteiger partial charge in [-0.15, -0.1) is 11.6 Å². The van der Waals surface area contributed by atoms with Crippen LogP contribution in [0.5, 0.6) is 0 Å². The molecule has 0 atom stereocenters. The molecule has 0 amide bonds. The van der Waals surface area contributed by atoms with E-state index < -0.39 is 0 Å². The summed E-state index contributed by atoms with van der Waals surface area (Å²) in [6, 6.07) is 0. The minimum Gasteiger partial charge on any atom is -0.317 e. The van der Waals surface area contributed by atoms with E-state index in [1.807, 2.05) is 0 Å². The summed E-state index contributed by atoms with van der Waals surface area (Å²) < 4.78 is 0. The third kappa shape index (κ3) is 14.7. The van der Waals surface area contributed by atoms with Crippen molar-refractivity contribution >= 4 is 11.6 Å². The van der Waals surface area contributed by atoms with Crippen molar-refractivity contribution in [2.75, 3.05) is 38.6 Å². The molecule has 0 aromatic carbocycles. The van der Waals surface area contributed by atoms with Crippen LogP contribution < -0.4 is 5.32 Å². The number of hydrogen-bond acceptors (Lipinski definition) is 2. The minimum absolute atomic E-state index is 0.788. The van der Waals surface area contributed by atoms with E-state index in [1.54, 1.807) is 0 Å².